The van der Waals surface area contributed by atoms with Gasteiger partial charge in [0.15, 0.2) is 5.78 Å². The van der Waals surface area contributed by atoms with Gasteiger partial charge in [0.2, 0.25) is 35.4 Å². The first-order valence-corrected chi connectivity index (χ1v) is 20.6. The highest BCUT2D eigenvalue weighted by atomic mass is 32.1. The smallest absolute Gasteiger partial charge is 0.243 e. The van der Waals surface area contributed by atoms with Crippen LogP contribution in [0, 0.1) is 11.8 Å². The Balaban J connectivity index is 2.48. The number of hydrogen-bond acceptors (Lipinski definition) is 11. The van der Waals surface area contributed by atoms with Gasteiger partial charge < -0.3 is 53.5 Å². The lowest BCUT2D eigenvalue weighted by Gasteiger charge is -2.42. The van der Waals surface area contributed by atoms with Crippen LogP contribution < -0.4 is 38.5 Å². The molecule has 0 unspecified atom stereocenters. The number of likely N-dealkylation sites (N-methyl/N-ethyl adjacent to an activating group) is 1. The summed E-state index contributed by atoms with van der Waals surface area (Å²) in [6.07, 6.45) is 2.42. The molecule has 17 nitrogen and oxygen atoms in total. The Morgan fingerprint density at radius 1 is 0.879 bits per heavy atom. The number of nitrogens with one attached hydrogen (secondary N) is 5. The summed E-state index contributed by atoms with van der Waals surface area (Å²) in [5.74, 6) is -5.71. The number of nitrogens with two attached hydrogens (primary N) is 3. The van der Waals surface area contributed by atoms with E-state index < -0.39 is 102 Å². The third kappa shape index (κ3) is 13.0. The number of carbonyl (C=O) groups is 7. The van der Waals surface area contributed by atoms with Gasteiger partial charge in [0.1, 0.15) is 23.7 Å². The third-order valence-corrected chi connectivity index (χ3v) is 11.2. The van der Waals surface area contributed by atoms with E-state index in [1.165, 1.54) is 7.05 Å². The average molecular weight is 832 g/mol. The maximum atomic E-state index is 14.4. The number of aromatic nitrogens is 1. The quantitative estimate of drug-likeness (QED) is 0.0574. The summed E-state index contributed by atoms with van der Waals surface area (Å²) in [4.78, 5) is 99.4. The van der Waals surface area contributed by atoms with E-state index in [9.17, 15) is 38.7 Å². The minimum Gasteiger partial charge on any atom is -0.393 e. The highest BCUT2D eigenvalue weighted by Gasteiger charge is 2.48. The van der Waals surface area contributed by atoms with E-state index >= 15 is 0 Å². The molecule has 2 aromatic rings. The molecule has 18 heteroatoms. The van der Waals surface area contributed by atoms with E-state index in [1.807, 2.05) is 31.2 Å². The molecule has 1 aromatic carbocycles. The van der Waals surface area contributed by atoms with Gasteiger partial charge in [0.05, 0.1) is 25.1 Å². The fourth-order valence-electron chi connectivity index (χ4n) is 6.74. The zero-order chi connectivity index (χ0) is 43.7. The molecule has 8 atom stereocenters. The Hall–Kier alpha value is -4.52. The minimum atomic E-state index is -1.93. The van der Waals surface area contributed by atoms with Crippen LogP contribution in [0.25, 0.3) is 10.9 Å². The molecular formula is C40H65N9O8S. The molecule has 12 N–H and O–H groups in total. The molecule has 2 rings (SSSR count). The summed E-state index contributed by atoms with van der Waals surface area (Å²) >= 11 is 4.14. The third-order valence-electron chi connectivity index (χ3n) is 11.0. The number of thiol groups is 1. The molecule has 0 aliphatic rings. The van der Waals surface area contributed by atoms with Crippen LogP contribution in [0.2, 0.25) is 0 Å². The van der Waals surface area contributed by atoms with Crippen LogP contribution in [0.4, 0.5) is 0 Å². The maximum absolute atomic E-state index is 14.4. The number of amides is 6. The highest BCUT2D eigenvalue weighted by Crippen LogP contribution is 2.26. The molecule has 0 spiro atoms. The lowest BCUT2D eigenvalue weighted by molar-refractivity contribution is -0.151. The van der Waals surface area contributed by atoms with Crippen LogP contribution >= 0.6 is 12.6 Å². The summed E-state index contributed by atoms with van der Waals surface area (Å²) in [5.41, 5.74) is 17.0. The summed E-state index contributed by atoms with van der Waals surface area (Å²) < 4.78 is 0. The van der Waals surface area contributed by atoms with Crippen molar-refractivity contribution in [1.82, 2.24) is 31.2 Å². The Bertz CT molecular complexity index is 1720. The number of carbonyl (C=O) groups excluding carboxylic acids is 7. The number of benzene rings is 1. The van der Waals surface area contributed by atoms with E-state index in [2.05, 4.69) is 38.9 Å². The number of Topliss-reactive ketones (excluding diaryl/α,β-unsaturated/α-hetero) is 1. The highest BCUT2D eigenvalue weighted by molar-refractivity contribution is 7.80. The Morgan fingerprint density at radius 2 is 1.47 bits per heavy atom. The van der Waals surface area contributed by atoms with Crippen molar-refractivity contribution in [2.24, 2.45) is 29.0 Å². The van der Waals surface area contributed by atoms with Gasteiger partial charge in [0.25, 0.3) is 0 Å². The predicted molar refractivity (Wildman–Crippen MR) is 225 cm³/mol. The summed E-state index contributed by atoms with van der Waals surface area (Å²) in [7, 11) is 1.31. The largest absolute Gasteiger partial charge is 0.393 e. The lowest BCUT2D eigenvalue weighted by atomic mass is 9.82. The van der Waals surface area contributed by atoms with Crippen LogP contribution in [0.15, 0.2) is 30.5 Å². The molecule has 0 radical (unpaired) electrons. The van der Waals surface area contributed by atoms with Crippen LogP contribution in [-0.2, 0) is 40.0 Å². The molecule has 0 aliphatic carbocycles. The summed E-state index contributed by atoms with van der Waals surface area (Å²) in [6.45, 7) is 8.01. The number of nitrogens with zero attached hydrogens (tertiary/aromatic N) is 1. The fourth-order valence-corrected chi connectivity index (χ4v) is 6.95. The number of H-pyrrole nitrogens is 1. The number of ketones is 1. The molecule has 1 aromatic heterocycles. The molecule has 0 bridgehead atoms. The van der Waals surface area contributed by atoms with Crippen LogP contribution in [0.1, 0.15) is 85.1 Å². The molecule has 0 saturated heterocycles. The molecular weight excluding hydrogens is 767 g/mol. The standard InChI is InChI=1S/C40H65N9O8S/c1-7-23(4)33(37(55)46-29(20-31(43)51)35(53)40(22-50,16-12-17-41)49(6)39(57)27(42)9-3)48-38(56)34(24(5)8-2)47-36(54)30(45-32(52)15-18-58)19-25-21-44-28-14-11-10-13-26(25)28/h10-11,13-14,21,23-24,27,29-30,33-34,44,50,58H,7-9,12,15-20,22,41-42H2,1-6H3,(H2,43,51)(H,45,52)(H,46,55)(H,47,54)(H,48,56)/t23-,24+,27+,29+,30-,33+,34+,40+/m1/s1. The van der Waals surface area contributed by atoms with Crippen molar-refractivity contribution in [3.8, 4) is 0 Å². The number of aromatic amines is 1. The zero-order valence-corrected chi connectivity index (χ0v) is 35.5. The number of para-hydroxylation sites is 1. The van der Waals surface area contributed by atoms with Crippen molar-refractivity contribution < 1.29 is 38.7 Å². The van der Waals surface area contributed by atoms with E-state index in [4.69, 9.17) is 17.2 Å². The van der Waals surface area contributed by atoms with Gasteiger partial charge in [-0.05, 0) is 55.0 Å². The van der Waals surface area contributed by atoms with Gasteiger partial charge >= 0.3 is 0 Å². The topological polar surface area (TPSA) is 285 Å². The fraction of sp³-hybridized carbons (Fsp3) is 0.625. The van der Waals surface area contributed by atoms with Crippen molar-refractivity contribution in [1.29, 1.82) is 0 Å². The Morgan fingerprint density at radius 3 is 2.00 bits per heavy atom. The zero-order valence-electron chi connectivity index (χ0n) is 34.6. The maximum Gasteiger partial charge on any atom is 0.243 e. The number of primary amides is 1. The number of hydrogen-bond donors (Lipinski definition) is 10. The van der Waals surface area contributed by atoms with E-state index in [0.717, 1.165) is 21.4 Å². The number of aliphatic hydroxyl groups excluding tert-OH is 1. The second-order valence-electron chi connectivity index (χ2n) is 15.0. The lowest BCUT2D eigenvalue weighted by Crippen LogP contribution is -2.66. The van der Waals surface area contributed by atoms with Gasteiger partial charge in [-0.15, -0.1) is 0 Å². The summed E-state index contributed by atoms with van der Waals surface area (Å²) in [6, 6.07) is 1.40. The van der Waals surface area contributed by atoms with Gasteiger partial charge in [-0.2, -0.15) is 12.6 Å². The Kier molecular flexibility index (Phi) is 20.3. The van der Waals surface area contributed by atoms with Gasteiger partial charge in [-0.3, -0.25) is 33.6 Å². The van der Waals surface area contributed by atoms with Crippen LogP contribution in [-0.4, -0.2) is 118 Å². The monoisotopic (exact) mass is 831 g/mol. The molecule has 324 valence electrons. The van der Waals surface area contributed by atoms with E-state index in [-0.39, 0.29) is 44.4 Å². The second-order valence-corrected chi connectivity index (χ2v) is 15.4. The number of rotatable bonds is 26. The van der Waals surface area contributed by atoms with Crippen molar-refractivity contribution >= 4 is 64.8 Å². The number of aliphatic hydroxyl groups is 1. The van der Waals surface area contributed by atoms with Crippen molar-refractivity contribution in [3.05, 3.63) is 36.0 Å². The Labute approximate surface area is 346 Å². The van der Waals surface area contributed by atoms with Gasteiger partial charge in [0, 0.05) is 37.0 Å². The SMILES string of the molecule is CC[C@@H](C)[C@H](NC(=O)[C@@H](NC(=O)[C@@H](Cc1c[nH]c2ccccc12)NC(=O)CCS)[C@@H](C)CC)C(=O)N[C@@H](CC(N)=O)C(=O)[C@@](CO)(CCCN)N(C)C(=O)[C@@H](N)CC. The van der Waals surface area contributed by atoms with E-state index in [0.29, 0.717) is 12.8 Å². The molecule has 0 fully saturated rings. The summed E-state index contributed by atoms with van der Waals surface area (Å²) in [5, 5.41) is 22.5. The molecule has 6 amide bonds. The van der Waals surface area contributed by atoms with Crippen molar-refractivity contribution in [2.75, 3.05) is 26.0 Å². The van der Waals surface area contributed by atoms with Crippen molar-refractivity contribution in [3.63, 3.8) is 0 Å². The first-order chi connectivity index (χ1) is 27.5. The number of fused-ring (bicyclic) bond motifs is 1. The first kappa shape index (κ1) is 49.6. The van der Waals surface area contributed by atoms with Crippen LogP contribution in [0.5, 0.6) is 0 Å². The second kappa shape index (κ2) is 23.8. The van der Waals surface area contributed by atoms with Gasteiger partial charge in [-0.25, -0.2) is 0 Å². The van der Waals surface area contributed by atoms with Gasteiger partial charge in [-0.1, -0.05) is 65.7 Å². The predicted octanol–water partition coefficient (Wildman–Crippen LogP) is 0.172. The van der Waals surface area contributed by atoms with Crippen molar-refractivity contribution in [2.45, 2.75) is 122 Å². The molecule has 0 saturated carbocycles. The molecule has 0 aliphatic heterocycles. The van der Waals surface area contributed by atoms with Crippen LogP contribution in [0.3, 0.4) is 0 Å². The van der Waals surface area contributed by atoms with E-state index in [1.54, 1.807) is 33.9 Å². The minimum absolute atomic E-state index is 0.0618. The normalized spacial score (nSPS) is 16.0. The molecule has 58 heavy (non-hydrogen) atoms. The molecule has 1 heterocycles. The first-order valence-electron chi connectivity index (χ1n) is 20.0. The average Bonchev–Trinajstić information content (AvgIpc) is 3.62.